The summed E-state index contributed by atoms with van der Waals surface area (Å²) < 4.78 is 15.3. The second-order valence-electron chi connectivity index (χ2n) is 6.03. The van der Waals surface area contributed by atoms with Crippen LogP contribution in [-0.4, -0.2) is 71.8 Å². The van der Waals surface area contributed by atoms with Gasteiger partial charge in [-0.25, -0.2) is 4.79 Å². The average molecular weight is 360 g/mol. The molecule has 0 radical (unpaired) electrons. The molecule has 0 aromatic rings. The van der Waals surface area contributed by atoms with Gasteiger partial charge in [-0.3, -0.25) is 4.99 Å². The second-order valence-corrected chi connectivity index (χ2v) is 6.03. The Bertz CT molecular complexity index is 365. The minimum absolute atomic E-state index is 0.0185. The zero-order chi connectivity index (χ0) is 18.9. The Balaban J connectivity index is 4.09. The van der Waals surface area contributed by atoms with Crippen molar-refractivity contribution >= 4 is 12.1 Å². The smallest absolute Gasteiger partial charge is 0.407 e. The van der Waals surface area contributed by atoms with Crippen LogP contribution in [-0.2, 0) is 14.2 Å². The van der Waals surface area contributed by atoms with Crippen molar-refractivity contribution in [2.75, 3.05) is 53.7 Å². The molecular formula is C17H36N4O4. The Morgan fingerprint density at radius 3 is 2.52 bits per heavy atom. The van der Waals surface area contributed by atoms with E-state index >= 15 is 0 Å². The molecule has 0 aliphatic carbocycles. The highest BCUT2D eigenvalue weighted by atomic mass is 16.5. The number of carbonyl (C=O) groups excluding carboxylic acids is 1. The van der Waals surface area contributed by atoms with Crippen molar-refractivity contribution in [3.05, 3.63) is 0 Å². The molecule has 1 atom stereocenters. The Labute approximate surface area is 152 Å². The van der Waals surface area contributed by atoms with Crippen LogP contribution in [0.25, 0.3) is 0 Å². The van der Waals surface area contributed by atoms with E-state index in [1.54, 1.807) is 21.1 Å². The van der Waals surface area contributed by atoms with Crippen molar-refractivity contribution in [2.45, 2.75) is 39.7 Å². The van der Waals surface area contributed by atoms with Crippen molar-refractivity contribution < 1.29 is 19.0 Å². The zero-order valence-electron chi connectivity index (χ0n) is 16.4. The molecule has 1 amide bonds. The van der Waals surface area contributed by atoms with Crippen LogP contribution in [0.5, 0.6) is 0 Å². The van der Waals surface area contributed by atoms with Crippen molar-refractivity contribution in [1.82, 2.24) is 16.0 Å². The molecule has 0 aliphatic heterocycles. The van der Waals surface area contributed by atoms with Gasteiger partial charge in [-0.15, -0.1) is 0 Å². The number of methoxy groups -OCH3 is 1. The standard InChI is InChI=1S/C17H36N4O4/c1-6-25-17(22)21-15(12-14(2)3)13-20-16(18-4)19-8-7-9-24-11-10-23-5/h14-15H,6-13H2,1-5H3,(H,21,22)(H2,18,19,20). The van der Waals surface area contributed by atoms with Gasteiger partial charge in [-0.2, -0.15) is 0 Å². The summed E-state index contributed by atoms with van der Waals surface area (Å²) in [5, 5.41) is 9.36. The highest BCUT2D eigenvalue weighted by Gasteiger charge is 2.15. The fourth-order valence-corrected chi connectivity index (χ4v) is 2.17. The van der Waals surface area contributed by atoms with E-state index in [1.807, 2.05) is 0 Å². The minimum Gasteiger partial charge on any atom is -0.450 e. The van der Waals surface area contributed by atoms with E-state index in [0.29, 0.717) is 44.8 Å². The number of hydrogen-bond donors (Lipinski definition) is 3. The molecular weight excluding hydrogens is 324 g/mol. The molecule has 25 heavy (non-hydrogen) atoms. The van der Waals surface area contributed by atoms with E-state index in [4.69, 9.17) is 14.2 Å². The summed E-state index contributed by atoms with van der Waals surface area (Å²) in [5.74, 6) is 1.17. The number of nitrogens with one attached hydrogen (secondary N) is 3. The summed E-state index contributed by atoms with van der Waals surface area (Å²) in [6.45, 7) is 9.64. The molecule has 0 bridgehead atoms. The predicted molar refractivity (Wildman–Crippen MR) is 100 cm³/mol. The monoisotopic (exact) mass is 360 g/mol. The molecule has 1 unspecified atom stereocenters. The number of rotatable bonds is 13. The molecule has 148 valence electrons. The van der Waals surface area contributed by atoms with E-state index in [1.165, 1.54) is 0 Å². The Kier molecular flexibility index (Phi) is 15.0. The first-order chi connectivity index (χ1) is 12.0. The second kappa shape index (κ2) is 16.0. The topological polar surface area (TPSA) is 93.2 Å². The van der Waals surface area contributed by atoms with E-state index in [9.17, 15) is 4.79 Å². The first-order valence-corrected chi connectivity index (χ1v) is 8.97. The number of hydrogen-bond acceptors (Lipinski definition) is 5. The normalized spacial score (nSPS) is 12.8. The maximum absolute atomic E-state index is 11.6. The van der Waals surface area contributed by atoms with Crippen molar-refractivity contribution in [1.29, 1.82) is 0 Å². The van der Waals surface area contributed by atoms with Crippen LogP contribution in [0.3, 0.4) is 0 Å². The summed E-state index contributed by atoms with van der Waals surface area (Å²) in [7, 11) is 3.38. The van der Waals surface area contributed by atoms with Crippen molar-refractivity contribution in [2.24, 2.45) is 10.9 Å². The third kappa shape index (κ3) is 14.5. The van der Waals surface area contributed by atoms with Crippen molar-refractivity contribution in [3.8, 4) is 0 Å². The lowest BCUT2D eigenvalue weighted by Crippen LogP contribution is -2.47. The Hall–Kier alpha value is -1.54. The third-order valence-electron chi connectivity index (χ3n) is 3.28. The van der Waals surface area contributed by atoms with Gasteiger partial charge in [0.05, 0.1) is 19.8 Å². The number of nitrogens with zero attached hydrogens (tertiary/aromatic N) is 1. The van der Waals surface area contributed by atoms with E-state index < -0.39 is 0 Å². The van der Waals surface area contributed by atoms with Gasteiger partial charge in [0.25, 0.3) is 0 Å². The molecule has 0 rings (SSSR count). The summed E-state index contributed by atoms with van der Waals surface area (Å²) in [5.41, 5.74) is 0. The summed E-state index contributed by atoms with van der Waals surface area (Å²) in [6, 6.07) is -0.0185. The van der Waals surface area contributed by atoms with Gasteiger partial charge < -0.3 is 30.2 Å². The SMILES string of the molecule is CCOC(=O)NC(CNC(=NC)NCCCOCCOC)CC(C)C. The van der Waals surface area contributed by atoms with Gasteiger partial charge in [0, 0.05) is 39.9 Å². The summed E-state index contributed by atoms with van der Waals surface area (Å²) in [6.07, 6.45) is 1.35. The highest BCUT2D eigenvalue weighted by molar-refractivity contribution is 5.79. The molecule has 0 spiro atoms. The van der Waals surface area contributed by atoms with Gasteiger partial charge in [0.1, 0.15) is 0 Å². The van der Waals surface area contributed by atoms with Crippen LogP contribution in [0.15, 0.2) is 4.99 Å². The van der Waals surface area contributed by atoms with Gasteiger partial charge >= 0.3 is 6.09 Å². The largest absolute Gasteiger partial charge is 0.450 e. The van der Waals surface area contributed by atoms with Crippen LogP contribution in [0.2, 0.25) is 0 Å². The first-order valence-electron chi connectivity index (χ1n) is 8.97. The molecule has 0 fully saturated rings. The van der Waals surface area contributed by atoms with E-state index in [0.717, 1.165) is 19.4 Å². The van der Waals surface area contributed by atoms with Crippen LogP contribution in [0.4, 0.5) is 4.79 Å². The van der Waals surface area contributed by atoms with Gasteiger partial charge in [-0.1, -0.05) is 13.8 Å². The number of ether oxygens (including phenoxy) is 3. The van der Waals surface area contributed by atoms with Crippen LogP contribution in [0, 0.1) is 5.92 Å². The lowest BCUT2D eigenvalue weighted by Gasteiger charge is -2.22. The molecule has 0 aromatic heterocycles. The molecule has 3 N–H and O–H groups in total. The fraction of sp³-hybridized carbons (Fsp3) is 0.882. The first kappa shape index (κ1) is 23.5. The molecule has 0 saturated carbocycles. The minimum atomic E-state index is -0.383. The molecule has 0 saturated heterocycles. The Morgan fingerprint density at radius 1 is 1.16 bits per heavy atom. The number of aliphatic imine (C=N–C) groups is 1. The van der Waals surface area contributed by atoms with Crippen LogP contribution >= 0.6 is 0 Å². The fourth-order valence-electron chi connectivity index (χ4n) is 2.17. The van der Waals surface area contributed by atoms with E-state index in [2.05, 4.69) is 34.8 Å². The third-order valence-corrected chi connectivity index (χ3v) is 3.28. The molecule has 0 aliphatic rings. The van der Waals surface area contributed by atoms with Gasteiger partial charge in [0.15, 0.2) is 5.96 Å². The highest BCUT2D eigenvalue weighted by Crippen LogP contribution is 2.04. The Morgan fingerprint density at radius 2 is 1.92 bits per heavy atom. The lowest BCUT2D eigenvalue weighted by molar-refractivity contribution is 0.0698. The van der Waals surface area contributed by atoms with Gasteiger partial charge in [-0.05, 0) is 25.7 Å². The number of alkyl carbamates (subject to hydrolysis) is 1. The maximum atomic E-state index is 11.6. The van der Waals surface area contributed by atoms with Crippen molar-refractivity contribution in [3.63, 3.8) is 0 Å². The zero-order valence-corrected chi connectivity index (χ0v) is 16.4. The number of guanidine groups is 1. The molecule has 0 heterocycles. The van der Waals surface area contributed by atoms with Crippen LogP contribution < -0.4 is 16.0 Å². The van der Waals surface area contributed by atoms with Gasteiger partial charge in [0.2, 0.25) is 0 Å². The van der Waals surface area contributed by atoms with Crippen LogP contribution in [0.1, 0.15) is 33.6 Å². The summed E-state index contributed by atoms with van der Waals surface area (Å²) >= 11 is 0. The quantitative estimate of drug-likeness (QED) is 0.261. The summed E-state index contributed by atoms with van der Waals surface area (Å²) in [4.78, 5) is 15.8. The average Bonchev–Trinajstić information content (AvgIpc) is 2.56. The molecule has 8 nitrogen and oxygen atoms in total. The predicted octanol–water partition coefficient (Wildman–Crippen LogP) is 1.37. The molecule has 8 heteroatoms. The number of carbonyl (C=O) groups is 1. The lowest BCUT2D eigenvalue weighted by atomic mass is 10.0. The maximum Gasteiger partial charge on any atom is 0.407 e. The van der Waals surface area contributed by atoms with E-state index in [-0.39, 0.29) is 12.1 Å². The molecule has 0 aromatic carbocycles. The number of amides is 1.